The van der Waals surface area contributed by atoms with Crippen LogP contribution in [0.3, 0.4) is 0 Å². The predicted molar refractivity (Wildman–Crippen MR) is 72.1 cm³/mol. The van der Waals surface area contributed by atoms with E-state index >= 15 is 0 Å². The second kappa shape index (κ2) is 4.76. The maximum absolute atomic E-state index is 12.0. The van der Waals surface area contributed by atoms with Gasteiger partial charge in [0.2, 0.25) is 11.9 Å². The third-order valence-electron chi connectivity index (χ3n) is 3.20. The highest BCUT2D eigenvalue weighted by Gasteiger charge is 2.33. The van der Waals surface area contributed by atoms with Crippen LogP contribution in [0.2, 0.25) is 0 Å². The van der Waals surface area contributed by atoms with Gasteiger partial charge in [0.25, 0.3) is 5.91 Å². The molecule has 2 heterocycles. The average molecular weight is 271 g/mol. The molecule has 20 heavy (non-hydrogen) atoms. The molecule has 1 aliphatic heterocycles. The zero-order valence-corrected chi connectivity index (χ0v) is 10.8. The lowest BCUT2D eigenvalue weighted by molar-refractivity contribution is -0.123. The number of anilines is 2. The maximum Gasteiger partial charge on any atom is 0.252 e. The van der Waals surface area contributed by atoms with Crippen molar-refractivity contribution in [3.63, 3.8) is 0 Å². The molecular weight excluding hydrogens is 258 g/mol. The van der Waals surface area contributed by atoms with Gasteiger partial charge in [-0.3, -0.25) is 14.9 Å². The van der Waals surface area contributed by atoms with E-state index < -0.39 is 6.04 Å². The largest absolute Gasteiger partial charge is 0.326 e. The molecule has 7 heteroatoms. The molecule has 0 radical (unpaired) electrons. The number of carbonyl (C=O) groups is 2. The van der Waals surface area contributed by atoms with E-state index in [1.54, 1.807) is 0 Å². The average Bonchev–Trinajstić information content (AvgIpc) is 2.96. The molecule has 0 aliphatic carbocycles. The van der Waals surface area contributed by atoms with Gasteiger partial charge in [-0.25, -0.2) is 4.68 Å². The van der Waals surface area contributed by atoms with Gasteiger partial charge in [0, 0.05) is 5.69 Å². The monoisotopic (exact) mass is 271 g/mol. The van der Waals surface area contributed by atoms with Crippen LogP contribution in [0.5, 0.6) is 0 Å². The van der Waals surface area contributed by atoms with Gasteiger partial charge in [0.05, 0.1) is 6.42 Å². The number of para-hydroxylation sites is 1. The summed E-state index contributed by atoms with van der Waals surface area (Å²) in [4.78, 5) is 27.7. The summed E-state index contributed by atoms with van der Waals surface area (Å²) in [5.74, 6) is -0.118. The van der Waals surface area contributed by atoms with E-state index in [1.165, 1.54) is 11.0 Å². The minimum absolute atomic E-state index is 0.0243. The van der Waals surface area contributed by atoms with E-state index in [0.717, 1.165) is 11.3 Å². The minimum Gasteiger partial charge on any atom is -0.326 e. The first-order chi connectivity index (χ1) is 9.65. The first kappa shape index (κ1) is 12.3. The molecule has 0 saturated carbocycles. The Bertz CT molecular complexity index is 679. The van der Waals surface area contributed by atoms with Gasteiger partial charge in [0.15, 0.2) is 0 Å². The molecule has 2 N–H and O–H groups in total. The van der Waals surface area contributed by atoms with E-state index in [1.807, 2.05) is 31.2 Å². The molecule has 3 rings (SSSR count). The molecule has 0 spiro atoms. The van der Waals surface area contributed by atoms with Crippen molar-refractivity contribution < 1.29 is 9.59 Å². The number of nitrogens with zero attached hydrogens (tertiary/aromatic N) is 3. The Morgan fingerprint density at radius 2 is 2.25 bits per heavy atom. The molecule has 0 fully saturated rings. The summed E-state index contributed by atoms with van der Waals surface area (Å²) in [5.41, 5.74) is 1.72. The van der Waals surface area contributed by atoms with Crippen molar-refractivity contribution in [3.05, 3.63) is 36.2 Å². The van der Waals surface area contributed by atoms with Gasteiger partial charge in [-0.15, -0.1) is 0 Å². The van der Waals surface area contributed by atoms with Crippen LogP contribution < -0.4 is 10.6 Å². The fourth-order valence-electron chi connectivity index (χ4n) is 2.14. The van der Waals surface area contributed by atoms with E-state index in [0.29, 0.717) is 5.95 Å². The second-order valence-corrected chi connectivity index (χ2v) is 4.60. The highest BCUT2D eigenvalue weighted by Crippen LogP contribution is 2.24. The van der Waals surface area contributed by atoms with Crippen LogP contribution in [-0.2, 0) is 9.59 Å². The number of hydrogen-bond donors (Lipinski definition) is 2. The third-order valence-corrected chi connectivity index (χ3v) is 3.20. The molecule has 0 unspecified atom stereocenters. The second-order valence-electron chi connectivity index (χ2n) is 4.60. The van der Waals surface area contributed by atoms with Gasteiger partial charge in [0.1, 0.15) is 12.4 Å². The highest BCUT2D eigenvalue weighted by atomic mass is 16.2. The van der Waals surface area contributed by atoms with Crippen LogP contribution >= 0.6 is 0 Å². The summed E-state index contributed by atoms with van der Waals surface area (Å²) in [7, 11) is 0. The number of aromatic nitrogens is 3. The molecule has 1 aromatic heterocycles. The molecule has 7 nitrogen and oxygen atoms in total. The summed E-state index contributed by atoms with van der Waals surface area (Å²) in [6.07, 6.45) is 1.37. The Balaban J connectivity index is 1.71. The number of carbonyl (C=O) groups excluding carboxylic acids is 2. The Hall–Kier alpha value is -2.70. The lowest BCUT2D eigenvalue weighted by atomic mass is 10.1. The van der Waals surface area contributed by atoms with Crippen LogP contribution in [-0.4, -0.2) is 26.6 Å². The zero-order valence-electron chi connectivity index (χ0n) is 10.8. The maximum atomic E-state index is 12.0. The quantitative estimate of drug-likeness (QED) is 0.875. The molecule has 0 bridgehead atoms. The number of benzene rings is 1. The SMILES string of the molecule is Cc1ccccc1NC(=O)C[C@@H]1C(=O)Nc2ncnn21. The van der Waals surface area contributed by atoms with Crippen molar-refractivity contribution >= 4 is 23.5 Å². The van der Waals surface area contributed by atoms with Gasteiger partial charge >= 0.3 is 0 Å². The van der Waals surface area contributed by atoms with E-state index in [9.17, 15) is 9.59 Å². The standard InChI is InChI=1S/C13H13N5O2/c1-8-4-2-3-5-9(8)16-11(19)6-10-12(20)17-13-14-7-15-18(10)13/h2-5,7,10H,6H2,1H3,(H,16,19)(H,14,15,17,20)/t10-/m1/s1. The van der Waals surface area contributed by atoms with Crippen molar-refractivity contribution in [3.8, 4) is 0 Å². The number of amides is 2. The highest BCUT2D eigenvalue weighted by molar-refractivity contribution is 6.01. The minimum atomic E-state index is -0.642. The summed E-state index contributed by atoms with van der Waals surface area (Å²) in [6, 6.07) is 6.84. The van der Waals surface area contributed by atoms with Crippen molar-refractivity contribution in [1.82, 2.24) is 14.8 Å². The summed E-state index contributed by atoms with van der Waals surface area (Å²) in [5, 5.41) is 9.33. The van der Waals surface area contributed by atoms with E-state index in [4.69, 9.17) is 0 Å². The Labute approximate surface area is 115 Å². The third kappa shape index (κ3) is 2.13. The van der Waals surface area contributed by atoms with Crippen molar-refractivity contribution in [2.24, 2.45) is 0 Å². The van der Waals surface area contributed by atoms with E-state index in [-0.39, 0.29) is 18.2 Å². The zero-order chi connectivity index (χ0) is 14.1. The summed E-state index contributed by atoms with van der Waals surface area (Å²) >= 11 is 0. The lowest BCUT2D eigenvalue weighted by Crippen LogP contribution is -2.23. The first-order valence-corrected chi connectivity index (χ1v) is 6.21. The molecule has 1 atom stereocenters. The molecule has 2 amide bonds. The normalized spacial score (nSPS) is 16.6. The Morgan fingerprint density at radius 3 is 3.05 bits per heavy atom. The summed E-state index contributed by atoms with van der Waals surface area (Å²) in [6.45, 7) is 1.91. The van der Waals surface area contributed by atoms with Crippen LogP contribution in [0.15, 0.2) is 30.6 Å². The number of nitrogens with one attached hydrogen (secondary N) is 2. The number of rotatable bonds is 3. The summed E-state index contributed by atoms with van der Waals surface area (Å²) < 4.78 is 1.43. The van der Waals surface area contributed by atoms with Crippen molar-refractivity contribution in [2.45, 2.75) is 19.4 Å². The lowest BCUT2D eigenvalue weighted by Gasteiger charge is -2.11. The van der Waals surface area contributed by atoms with Crippen LogP contribution in [0, 0.1) is 6.92 Å². The first-order valence-electron chi connectivity index (χ1n) is 6.21. The molecule has 1 aromatic carbocycles. The fourth-order valence-corrected chi connectivity index (χ4v) is 2.14. The smallest absolute Gasteiger partial charge is 0.252 e. The predicted octanol–water partition coefficient (Wildman–Crippen LogP) is 1.11. The number of hydrogen-bond acceptors (Lipinski definition) is 4. The molecule has 1 aliphatic rings. The molecular formula is C13H13N5O2. The van der Waals surface area contributed by atoms with Gasteiger partial charge in [-0.2, -0.15) is 10.1 Å². The van der Waals surface area contributed by atoms with Crippen LogP contribution in [0.25, 0.3) is 0 Å². The van der Waals surface area contributed by atoms with Gasteiger partial charge in [-0.05, 0) is 18.6 Å². The van der Waals surface area contributed by atoms with Crippen LogP contribution in [0.1, 0.15) is 18.0 Å². The van der Waals surface area contributed by atoms with Crippen molar-refractivity contribution in [2.75, 3.05) is 10.6 Å². The van der Waals surface area contributed by atoms with Crippen LogP contribution in [0.4, 0.5) is 11.6 Å². The topological polar surface area (TPSA) is 88.9 Å². The molecule has 0 saturated heterocycles. The Morgan fingerprint density at radius 1 is 1.45 bits per heavy atom. The van der Waals surface area contributed by atoms with E-state index in [2.05, 4.69) is 20.7 Å². The number of fused-ring (bicyclic) bond motifs is 1. The number of aryl methyl sites for hydroxylation is 1. The van der Waals surface area contributed by atoms with Gasteiger partial charge < -0.3 is 5.32 Å². The van der Waals surface area contributed by atoms with Gasteiger partial charge in [-0.1, -0.05) is 18.2 Å². The Kier molecular flexibility index (Phi) is 2.94. The molecule has 2 aromatic rings. The molecule has 102 valence electrons. The van der Waals surface area contributed by atoms with Crippen molar-refractivity contribution in [1.29, 1.82) is 0 Å². The fraction of sp³-hybridized carbons (Fsp3) is 0.231.